The summed E-state index contributed by atoms with van der Waals surface area (Å²) in [4.78, 5) is 16.7. The molecule has 0 aliphatic heterocycles. The maximum atomic E-state index is 13.9. The number of hydrogen-bond acceptors (Lipinski definition) is 4. The fourth-order valence-electron chi connectivity index (χ4n) is 2.75. The van der Waals surface area contributed by atoms with Crippen LogP contribution >= 0.6 is 23.2 Å². The van der Waals surface area contributed by atoms with Crippen LogP contribution in [0.15, 0.2) is 65.3 Å². The van der Waals surface area contributed by atoms with Gasteiger partial charge in [0, 0.05) is 21.8 Å². The number of carbonyl (C=O) groups is 1. The van der Waals surface area contributed by atoms with Gasteiger partial charge in [0.15, 0.2) is 0 Å². The van der Waals surface area contributed by atoms with Crippen molar-refractivity contribution in [1.29, 1.82) is 0 Å². The molecule has 0 aliphatic carbocycles. The van der Waals surface area contributed by atoms with Gasteiger partial charge in [0.05, 0.1) is 5.69 Å². The van der Waals surface area contributed by atoms with Gasteiger partial charge in [-0.15, -0.1) is 0 Å². The van der Waals surface area contributed by atoms with E-state index in [4.69, 9.17) is 27.7 Å². The van der Waals surface area contributed by atoms with Crippen LogP contribution in [0.1, 0.15) is 0 Å². The maximum Gasteiger partial charge on any atom is 0.274 e. The van der Waals surface area contributed by atoms with Crippen LogP contribution in [0.25, 0.3) is 23.0 Å². The van der Waals surface area contributed by atoms with Gasteiger partial charge >= 0.3 is 0 Å². The molecule has 0 atom stereocenters. The van der Waals surface area contributed by atoms with Crippen LogP contribution < -0.4 is 5.32 Å². The highest BCUT2D eigenvalue weighted by atomic mass is 35.5. The molecule has 0 saturated heterocycles. The van der Waals surface area contributed by atoms with Crippen molar-refractivity contribution in [2.45, 2.75) is 6.54 Å². The monoisotopic (exact) mass is 430 g/mol. The van der Waals surface area contributed by atoms with Crippen LogP contribution in [0.3, 0.4) is 0 Å². The van der Waals surface area contributed by atoms with Crippen molar-refractivity contribution in [2.24, 2.45) is 0 Å². The minimum absolute atomic E-state index is 0.0501. The second-order valence-corrected chi connectivity index (χ2v) is 7.00. The zero-order chi connectivity index (χ0) is 20.4. The van der Waals surface area contributed by atoms with Crippen molar-refractivity contribution in [1.82, 2.24) is 14.7 Å². The molecule has 0 spiro atoms. The number of rotatable bonds is 5. The molecule has 1 N–H and O–H groups in total. The van der Waals surface area contributed by atoms with E-state index in [0.717, 1.165) is 6.07 Å². The van der Waals surface area contributed by atoms with Gasteiger partial charge < -0.3 is 14.4 Å². The minimum Gasteiger partial charge on any atom is -0.334 e. The number of hydrogen-bond donors (Lipinski definition) is 1. The Morgan fingerprint density at radius 2 is 1.93 bits per heavy atom. The summed E-state index contributed by atoms with van der Waals surface area (Å²) < 4.78 is 20.8. The van der Waals surface area contributed by atoms with Gasteiger partial charge in [-0.05, 0) is 42.5 Å². The van der Waals surface area contributed by atoms with Gasteiger partial charge in [-0.3, -0.25) is 4.79 Å². The molecule has 4 rings (SSSR count). The summed E-state index contributed by atoms with van der Waals surface area (Å²) in [7, 11) is 0. The van der Waals surface area contributed by atoms with Crippen LogP contribution in [-0.2, 0) is 11.3 Å². The molecule has 0 bridgehead atoms. The molecule has 4 aromatic rings. The van der Waals surface area contributed by atoms with E-state index in [0.29, 0.717) is 22.1 Å². The van der Waals surface area contributed by atoms with Gasteiger partial charge in [0.1, 0.15) is 18.1 Å². The standard InChI is InChI=1S/C20H13Cl2FN4O2/c21-13-4-1-3-12(9-13)19-25-20(29-26-19)17-5-2-8-27(17)11-18(28)24-16-7-6-14(22)10-15(16)23/h1-10H,11H2,(H,24,28). The summed E-state index contributed by atoms with van der Waals surface area (Å²) in [6.45, 7) is -0.0702. The topological polar surface area (TPSA) is 73.0 Å². The Kier molecular flexibility index (Phi) is 5.33. The zero-order valence-electron chi connectivity index (χ0n) is 14.8. The van der Waals surface area contributed by atoms with Gasteiger partial charge in [-0.2, -0.15) is 4.98 Å². The van der Waals surface area contributed by atoms with Crippen molar-refractivity contribution in [2.75, 3.05) is 5.32 Å². The quantitative estimate of drug-likeness (QED) is 0.466. The molecule has 146 valence electrons. The Labute approximate surface area is 174 Å². The minimum atomic E-state index is -0.610. The molecule has 9 heteroatoms. The predicted octanol–water partition coefficient (Wildman–Crippen LogP) is 5.29. The van der Waals surface area contributed by atoms with E-state index >= 15 is 0 Å². The summed E-state index contributed by atoms with van der Waals surface area (Å²) >= 11 is 11.7. The number of anilines is 1. The van der Waals surface area contributed by atoms with E-state index in [1.54, 1.807) is 41.1 Å². The van der Waals surface area contributed by atoms with Gasteiger partial charge in [-0.25, -0.2) is 4.39 Å². The molecule has 0 saturated carbocycles. The number of nitrogens with zero attached hydrogens (tertiary/aromatic N) is 3. The molecule has 6 nitrogen and oxygen atoms in total. The molecule has 2 aromatic heterocycles. The molecular weight excluding hydrogens is 418 g/mol. The molecular formula is C20H13Cl2FN4O2. The molecule has 0 aliphatic rings. The molecule has 0 radical (unpaired) electrons. The number of halogens is 3. The van der Waals surface area contributed by atoms with E-state index in [1.165, 1.54) is 12.1 Å². The summed E-state index contributed by atoms with van der Waals surface area (Å²) in [5.41, 5.74) is 1.31. The highest BCUT2D eigenvalue weighted by Crippen LogP contribution is 2.25. The van der Waals surface area contributed by atoms with Crippen LogP contribution in [0.4, 0.5) is 10.1 Å². The Balaban J connectivity index is 1.52. The lowest BCUT2D eigenvalue weighted by atomic mass is 10.2. The average Bonchev–Trinajstić information content (AvgIpc) is 3.33. The Morgan fingerprint density at radius 1 is 1.10 bits per heavy atom. The van der Waals surface area contributed by atoms with Crippen molar-refractivity contribution in [3.05, 3.63) is 76.7 Å². The smallest absolute Gasteiger partial charge is 0.274 e. The van der Waals surface area contributed by atoms with Gasteiger partial charge in [-0.1, -0.05) is 40.5 Å². The lowest BCUT2D eigenvalue weighted by Gasteiger charge is -2.09. The van der Waals surface area contributed by atoms with E-state index < -0.39 is 11.7 Å². The van der Waals surface area contributed by atoms with Crippen molar-refractivity contribution in [3.63, 3.8) is 0 Å². The lowest BCUT2D eigenvalue weighted by molar-refractivity contribution is -0.116. The Morgan fingerprint density at radius 3 is 2.72 bits per heavy atom. The van der Waals surface area contributed by atoms with Crippen LogP contribution in [0.2, 0.25) is 10.0 Å². The summed E-state index contributed by atoms with van der Waals surface area (Å²) in [6.07, 6.45) is 1.69. The average molecular weight is 431 g/mol. The summed E-state index contributed by atoms with van der Waals surface area (Å²) in [5, 5.41) is 7.30. The third-order valence-electron chi connectivity index (χ3n) is 4.08. The van der Waals surface area contributed by atoms with Crippen molar-refractivity contribution < 1.29 is 13.7 Å². The zero-order valence-corrected chi connectivity index (χ0v) is 16.3. The summed E-state index contributed by atoms with van der Waals surface area (Å²) in [6, 6.07) is 14.6. The number of amides is 1. The summed E-state index contributed by atoms with van der Waals surface area (Å²) in [5.74, 6) is -0.404. The Bertz CT molecular complexity index is 1190. The van der Waals surface area contributed by atoms with E-state index in [2.05, 4.69) is 15.5 Å². The highest BCUT2D eigenvalue weighted by molar-refractivity contribution is 6.31. The fourth-order valence-corrected chi connectivity index (χ4v) is 3.10. The maximum absolute atomic E-state index is 13.9. The molecule has 0 fully saturated rings. The molecule has 2 heterocycles. The van der Waals surface area contributed by atoms with Crippen molar-refractivity contribution >= 4 is 34.8 Å². The van der Waals surface area contributed by atoms with Crippen LogP contribution in [-0.4, -0.2) is 20.6 Å². The number of benzene rings is 2. The second-order valence-electron chi connectivity index (χ2n) is 6.13. The van der Waals surface area contributed by atoms with E-state index in [1.807, 2.05) is 6.07 Å². The SMILES string of the molecule is O=C(Cn1cccc1-c1nc(-c2cccc(Cl)c2)no1)Nc1ccc(Cl)cc1F. The number of nitrogens with one attached hydrogen (secondary N) is 1. The number of carbonyl (C=O) groups excluding carboxylic acids is 1. The third kappa shape index (κ3) is 4.31. The predicted molar refractivity (Wildman–Crippen MR) is 108 cm³/mol. The molecule has 29 heavy (non-hydrogen) atoms. The normalized spacial score (nSPS) is 10.9. The Hall–Kier alpha value is -3.16. The van der Waals surface area contributed by atoms with E-state index in [-0.39, 0.29) is 23.1 Å². The van der Waals surface area contributed by atoms with Crippen molar-refractivity contribution in [3.8, 4) is 23.0 Å². The highest BCUT2D eigenvalue weighted by Gasteiger charge is 2.16. The molecule has 0 unspecified atom stereocenters. The van der Waals surface area contributed by atoms with Gasteiger partial charge in [0.25, 0.3) is 5.89 Å². The van der Waals surface area contributed by atoms with Crippen LogP contribution in [0, 0.1) is 5.82 Å². The second kappa shape index (κ2) is 8.06. The molecule has 2 aromatic carbocycles. The fraction of sp³-hybridized carbons (Fsp3) is 0.0500. The number of aromatic nitrogens is 3. The third-order valence-corrected chi connectivity index (χ3v) is 4.55. The first kappa shape index (κ1) is 19.2. The first-order valence-corrected chi connectivity index (χ1v) is 9.25. The largest absolute Gasteiger partial charge is 0.334 e. The van der Waals surface area contributed by atoms with Gasteiger partial charge in [0.2, 0.25) is 11.7 Å². The molecule has 1 amide bonds. The van der Waals surface area contributed by atoms with E-state index in [9.17, 15) is 9.18 Å². The van der Waals surface area contributed by atoms with Crippen LogP contribution in [0.5, 0.6) is 0 Å². The first-order chi connectivity index (χ1) is 14.0. The first-order valence-electron chi connectivity index (χ1n) is 8.49. The lowest BCUT2D eigenvalue weighted by Crippen LogP contribution is -2.19.